The van der Waals surface area contributed by atoms with Crippen molar-refractivity contribution in [3.05, 3.63) is 35.9 Å². The third kappa shape index (κ3) is 3.19. The molecule has 1 aromatic rings. The van der Waals surface area contributed by atoms with Crippen molar-refractivity contribution in [1.29, 1.82) is 0 Å². The Morgan fingerprint density at radius 1 is 1.15 bits per heavy atom. The van der Waals surface area contributed by atoms with Crippen LogP contribution in [0.4, 0.5) is 0 Å². The van der Waals surface area contributed by atoms with E-state index < -0.39 is 0 Å². The second-order valence-corrected chi connectivity index (χ2v) is 5.61. The minimum absolute atomic E-state index is 0.298. The fraction of sp³-hybridized carbons (Fsp3) is 0.562. The summed E-state index contributed by atoms with van der Waals surface area (Å²) in [5.41, 5.74) is 1.22. The third-order valence-electron chi connectivity index (χ3n) is 4.22. The summed E-state index contributed by atoms with van der Waals surface area (Å²) in [7, 11) is 0. The van der Waals surface area contributed by atoms with Gasteiger partial charge in [-0.25, -0.2) is 0 Å². The molecule has 20 heavy (non-hydrogen) atoms. The normalized spacial score (nSPS) is 24.3. The van der Waals surface area contributed by atoms with Gasteiger partial charge in [0.25, 0.3) is 0 Å². The van der Waals surface area contributed by atoms with Gasteiger partial charge in [-0.05, 0) is 12.0 Å². The number of carbonyl (C=O) groups excluding carboxylic acids is 1. The van der Waals surface area contributed by atoms with Crippen molar-refractivity contribution in [3.63, 3.8) is 0 Å². The van der Waals surface area contributed by atoms with Crippen LogP contribution in [0.15, 0.2) is 30.3 Å². The fourth-order valence-electron chi connectivity index (χ4n) is 3.06. The zero-order valence-electron chi connectivity index (χ0n) is 11.8. The Bertz CT molecular complexity index is 443. The number of hydrogen-bond donors (Lipinski definition) is 0. The van der Waals surface area contributed by atoms with Crippen LogP contribution >= 0.6 is 0 Å². The van der Waals surface area contributed by atoms with Gasteiger partial charge in [0.2, 0.25) is 5.91 Å². The first kappa shape index (κ1) is 13.6. The molecule has 2 aliphatic rings. The van der Waals surface area contributed by atoms with Crippen molar-refractivity contribution in [1.82, 2.24) is 9.80 Å². The van der Waals surface area contributed by atoms with Crippen LogP contribution in [0.3, 0.4) is 0 Å². The topological polar surface area (TPSA) is 32.8 Å². The van der Waals surface area contributed by atoms with Gasteiger partial charge in [0.05, 0.1) is 13.2 Å². The summed E-state index contributed by atoms with van der Waals surface area (Å²) in [6, 6.07) is 10.6. The molecular weight excluding hydrogens is 252 g/mol. The molecule has 2 fully saturated rings. The van der Waals surface area contributed by atoms with Crippen molar-refractivity contribution in [2.45, 2.75) is 25.4 Å². The first-order valence-corrected chi connectivity index (χ1v) is 7.46. The van der Waals surface area contributed by atoms with Crippen LogP contribution in [0, 0.1) is 0 Å². The van der Waals surface area contributed by atoms with Gasteiger partial charge in [-0.1, -0.05) is 30.3 Å². The SMILES string of the molecule is O=C1CCC(CN2CCOCC2)N1Cc1ccccc1. The molecule has 3 rings (SSSR count). The summed E-state index contributed by atoms with van der Waals surface area (Å²) < 4.78 is 5.39. The molecule has 0 N–H and O–H groups in total. The molecule has 2 heterocycles. The highest BCUT2D eigenvalue weighted by Gasteiger charge is 2.32. The van der Waals surface area contributed by atoms with E-state index in [4.69, 9.17) is 4.74 Å². The van der Waals surface area contributed by atoms with Crippen LogP contribution in [-0.4, -0.2) is 54.6 Å². The van der Waals surface area contributed by atoms with Crippen molar-refractivity contribution in [2.24, 2.45) is 0 Å². The smallest absolute Gasteiger partial charge is 0.223 e. The monoisotopic (exact) mass is 274 g/mol. The van der Waals surface area contributed by atoms with Crippen LogP contribution in [0.2, 0.25) is 0 Å². The molecule has 2 aliphatic heterocycles. The molecule has 1 unspecified atom stereocenters. The minimum Gasteiger partial charge on any atom is -0.379 e. The second kappa shape index (κ2) is 6.37. The summed E-state index contributed by atoms with van der Waals surface area (Å²) in [6.45, 7) is 5.35. The van der Waals surface area contributed by atoms with E-state index in [1.807, 2.05) is 18.2 Å². The van der Waals surface area contributed by atoms with Crippen LogP contribution in [0.5, 0.6) is 0 Å². The van der Waals surface area contributed by atoms with E-state index in [-0.39, 0.29) is 0 Å². The lowest BCUT2D eigenvalue weighted by Crippen LogP contribution is -2.45. The summed E-state index contributed by atoms with van der Waals surface area (Å²) in [5, 5.41) is 0. The molecular formula is C16H22N2O2. The Morgan fingerprint density at radius 3 is 2.65 bits per heavy atom. The van der Waals surface area contributed by atoms with Gasteiger partial charge in [0.15, 0.2) is 0 Å². The number of likely N-dealkylation sites (tertiary alicyclic amines) is 1. The zero-order chi connectivity index (χ0) is 13.8. The van der Waals surface area contributed by atoms with Crippen molar-refractivity contribution in [3.8, 4) is 0 Å². The summed E-state index contributed by atoms with van der Waals surface area (Å²) >= 11 is 0. The molecule has 0 radical (unpaired) electrons. The molecule has 2 saturated heterocycles. The van der Waals surface area contributed by atoms with Crippen LogP contribution in [-0.2, 0) is 16.1 Å². The average molecular weight is 274 g/mol. The van der Waals surface area contributed by atoms with Gasteiger partial charge in [0, 0.05) is 38.6 Å². The number of carbonyl (C=O) groups is 1. The number of nitrogens with zero attached hydrogens (tertiary/aromatic N) is 2. The molecule has 0 spiro atoms. The standard InChI is InChI=1S/C16H22N2O2/c19-16-7-6-15(13-17-8-10-20-11-9-17)18(16)12-14-4-2-1-3-5-14/h1-5,15H,6-13H2. The van der Waals surface area contributed by atoms with Gasteiger partial charge in [-0.2, -0.15) is 0 Å². The number of ether oxygens (including phenoxy) is 1. The highest BCUT2D eigenvalue weighted by Crippen LogP contribution is 2.22. The molecule has 108 valence electrons. The molecule has 1 aromatic carbocycles. The van der Waals surface area contributed by atoms with E-state index in [2.05, 4.69) is 21.9 Å². The molecule has 0 aromatic heterocycles. The van der Waals surface area contributed by atoms with E-state index in [1.54, 1.807) is 0 Å². The third-order valence-corrected chi connectivity index (χ3v) is 4.22. The fourth-order valence-corrected chi connectivity index (χ4v) is 3.06. The molecule has 0 saturated carbocycles. The van der Waals surface area contributed by atoms with E-state index >= 15 is 0 Å². The van der Waals surface area contributed by atoms with Gasteiger partial charge in [-0.15, -0.1) is 0 Å². The largest absolute Gasteiger partial charge is 0.379 e. The Hall–Kier alpha value is -1.39. The maximum absolute atomic E-state index is 12.1. The lowest BCUT2D eigenvalue weighted by Gasteiger charge is -2.33. The summed E-state index contributed by atoms with van der Waals surface area (Å²) in [4.78, 5) is 16.6. The number of hydrogen-bond acceptors (Lipinski definition) is 3. The Labute approximate surface area is 120 Å². The van der Waals surface area contributed by atoms with Gasteiger partial charge in [0.1, 0.15) is 0 Å². The van der Waals surface area contributed by atoms with Crippen LogP contribution < -0.4 is 0 Å². The number of benzene rings is 1. The Balaban J connectivity index is 1.62. The molecule has 1 atom stereocenters. The summed E-state index contributed by atoms with van der Waals surface area (Å²) in [6.07, 6.45) is 1.69. The van der Waals surface area contributed by atoms with Gasteiger partial charge >= 0.3 is 0 Å². The van der Waals surface area contributed by atoms with E-state index in [9.17, 15) is 4.79 Å². The van der Waals surface area contributed by atoms with E-state index in [1.165, 1.54) is 5.56 Å². The summed E-state index contributed by atoms with van der Waals surface area (Å²) in [5.74, 6) is 0.298. The molecule has 4 heteroatoms. The quantitative estimate of drug-likeness (QED) is 0.834. The van der Waals surface area contributed by atoms with Gasteiger partial charge < -0.3 is 9.64 Å². The highest BCUT2D eigenvalue weighted by molar-refractivity contribution is 5.78. The second-order valence-electron chi connectivity index (χ2n) is 5.61. The lowest BCUT2D eigenvalue weighted by atomic mass is 10.1. The first-order chi connectivity index (χ1) is 9.83. The molecule has 1 amide bonds. The zero-order valence-corrected chi connectivity index (χ0v) is 11.8. The van der Waals surface area contributed by atoms with E-state index in [0.717, 1.165) is 45.8 Å². The highest BCUT2D eigenvalue weighted by atomic mass is 16.5. The first-order valence-electron chi connectivity index (χ1n) is 7.46. The molecule has 0 aliphatic carbocycles. The Morgan fingerprint density at radius 2 is 1.90 bits per heavy atom. The van der Waals surface area contributed by atoms with Crippen molar-refractivity contribution in [2.75, 3.05) is 32.8 Å². The van der Waals surface area contributed by atoms with E-state index in [0.29, 0.717) is 18.4 Å². The predicted molar refractivity (Wildman–Crippen MR) is 77.3 cm³/mol. The predicted octanol–water partition coefficient (Wildman–Crippen LogP) is 1.51. The maximum atomic E-state index is 12.1. The molecule has 4 nitrogen and oxygen atoms in total. The minimum atomic E-state index is 0.298. The van der Waals surface area contributed by atoms with Gasteiger partial charge in [-0.3, -0.25) is 9.69 Å². The number of amides is 1. The molecule has 0 bridgehead atoms. The maximum Gasteiger partial charge on any atom is 0.223 e. The van der Waals surface area contributed by atoms with Crippen molar-refractivity contribution >= 4 is 5.91 Å². The van der Waals surface area contributed by atoms with Crippen LogP contribution in [0.1, 0.15) is 18.4 Å². The number of rotatable bonds is 4. The lowest BCUT2D eigenvalue weighted by molar-refractivity contribution is -0.129. The van der Waals surface area contributed by atoms with Crippen molar-refractivity contribution < 1.29 is 9.53 Å². The average Bonchev–Trinajstić information content (AvgIpc) is 2.83. The number of morpholine rings is 1. The van der Waals surface area contributed by atoms with Crippen LogP contribution in [0.25, 0.3) is 0 Å². The Kier molecular flexibility index (Phi) is 4.33.